The summed E-state index contributed by atoms with van der Waals surface area (Å²) < 4.78 is 36.3. The maximum Gasteiger partial charge on any atom is 0.410 e. The van der Waals surface area contributed by atoms with Crippen LogP contribution in [-0.2, 0) is 20.7 Å². The first-order valence-corrected chi connectivity index (χ1v) is 32.3. The third-order valence-corrected chi connectivity index (χ3v) is 20.6. The Morgan fingerprint density at radius 2 is 1.74 bits per heavy atom. The summed E-state index contributed by atoms with van der Waals surface area (Å²) in [5.41, 5.74) is 6.14. The molecule has 3 amide bonds. The van der Waals surface area contributed by atoms with E-state index in [9.17, 15) is 24.6 Å². The minimum absolute atomic E-state index is 0.0186. The van der Waals surface area contributed by atoms with Crippen LogP contribution in [-0.4, -0.2) is 168 Å². The number of amides is 3. The van der Waals surface area contributed by atoms with Gasteiger partial charge in [-0.3, -0.25) is 19.5 Å². The van der Waals surface area contributed by atoms with Crippen LogP contribution in [0.2, 0.25) is 0 Å². The van der Waals surface area contributed by atoms with Gasteiger partial charge >= 0.3 is 12.1 Å². The van der Waals surface area contributed by atoms with E-state index >= 15 is 4.39 Å². The molecule has 6 aliphatic heterocycles. The molecule has 6 saturated heterocycles. The lowest BCUT2D eigenvalue weighted by Gasteiger charge is -2.43. The Kier molecular flexibility index (Phi) is 16.3. The van der Waals surface area contributed by atoms with E-state index in [1.54, 1.807) is 40.6 Å². The summed E-state index contributed by atoms with van der Waals surface area (Å²) in [4.78, 5) is 72.7. The molecule has 13 rings (SSSR count). The number of hydrogen-bond donors (Lipinski definition) is 4. The van der Waals surface area contributed by atoms with E-state index in [0.29, 0.717) is 73.0 Å². The van der Waals surface area contributed by atoms with Gasteiger partial charge in [-0.1, -0.05) is 68.4 Å². The number of halogens is 1. The molecule has 6 aliphatic rings. The second-order valence-electron chi connectivity index (χ2n) is 25.8. The van der Waals surface area contributed by atoms with E-state index in [4.69, 9.17) is 28.9 Å². The number of anilines is 2. The average molecular weight is 1220 g/mol. The normalized spacial score (nSPS) is 25.3. The van der Waals surface area contributed by atoms with Gasteiger partial charge in [-0.05, 0) is 125 Å². The molecule has 0 aliphatic carbocycles. The van der Waals surface area contributed by atoms with Crippen molar-refractivity contribution in [3.05, 3.63) is 101 Å². The first-order valence-electron chi connectivity index (χ1n) is 31.4. The number of carbonyl (C=O) groups is 3. The molecule has 4 aromatic heterocycles. The molecule has 2 bridgehead atoms. The Hall–Kier alpha value is -7.53. The molecule has 0 radical (unpaired) electrons. The molecule has 0 saturated carbocycles. The van der Waals surface area contributed by atoms with Crippen LogP contribution in [0.5, 0.6) is 11.8 Å². The number of rotatable bonds is 16. The number of benzene rings is 3. The summed E-state index contributed by atoms with van der Waals surface area (Å²) in [5, 5.41) is 35.2. The number of aryl methyl sites for hydroxylation is 2. The zero-order valence-electron chi connectivity index (χ0n) is 51.1. The number of likely N-dealkylation sites (tertiary alicyclic amines) is 1. The quantitative estimate of drug-likeness (QED) is 0.0706. The number of phenols is 1. The minimum atomic E-state index is -0.873. The average Bonchev–Trinajstić information content (AvgIpc) is 1.05. The number of nitrogens with one attached hydrogen (secondary N) is 2. The minimum Gasteiger partial charge on any atom is -0.508 e. The summed E-state index contributed by atoms with van der Waals surface area (Å²) >= 11 is 1.58. The number of fused-ring (bicyclic) bond motifs is 5. The predicted octanol–water partition coefficient (Wildman–Crippen LogP) is 9.30. The fourth-order valence-electron chi connectivity index (χ4n) is 15.1. The first kappa shape index (κ1) is 59.4. The molecule has 22 heteroatoms. The van der Waals surface area contributed by atoms with Crippen molar-refractivity contribution < 1.29 is 43.0 Å². The van der Waals surface area contributed by atoms with Crippen molar-refractivity contribution in [2.75, 3.05) is 62.3 Å². The smallest absolute Gasteiger partial charge is 0.410 e. The highest BCUT2D eigenvalue weighted by molar-refractivity contribution is 7.13. The van der Waals surface area contributed by atoms with Crippen LogP contribution in [0.4, 0.5) is 20.8 Å². The van der Waals surface area contributed by atoms with E-state index in [2.05, 4.69) is 42.4 Å². The molecule has 464 valence electrons. The molecule has 10 heterocycles. The second-order valence-corrected chi connectivity index (χ2v) is 26.7. The van der Waals surface area contributed by atoms with Crippen molar-refractivity contribution in [3.63, 3.8) is 0 Å². The zero-order valence-corrected chi connectivity index (χ0v) is 51.9. The molecular formula is C66H79FN12O8S. The Labute approximate surface area is 515 Å². The largest absolute Gasteiger partial charge is 0.508 e. The first-order chi connectivity index (χ1) is 42.4. The number of piperazine rings is 2. The molecule has 20 nitrogen and oxygen atoms in total. The van der Waals surface area contributed by atoms with Crippen LogP contribution >= 0.6 is 11.3 Å². The fourth-order valence-corrected chi connectivity index (χ4v) is 15.9. The number of hydrogen-bond acceptors (Lipinski definition) is 18. The Balaban J connectivity index is 0.650. The van der Waals surface area contributed by atoms with Crippen molar-refractivity contribution in [2.45, 2.75) is 160 Å². The zero-order chi connectivity index (χ0) is 61.3. The highest BCUT2D eigenvalue weighted by Crippen LogP contribution is 2.45. The SMILES string of the molecule is CCc1cccc2cc(O)cc(-c3ncc4c(N5CC6CCC(C5)N6)nc(OC[C@]56CCCN5[C@H](COC(=O)N5C[C@@H](C)N(c7cc([C@H](C(=O)N8C[C@H](O)C[C@H]8C(=O)N[C@@H](C)c8ccc(-c9scnc9C)cc8)C(C)C)on7)C[C@@H]5C)CC6)nc4c3F)c12. The van der Waals surface area contributed by atoms with E-state index in [1.807, 2.05) is 89.5 Å². The van der Waals surface area contributed by atoms with Gasteiger partial charge in [-0.25, -0.2) is 14.2 Å². The molecule has 6 fully saturated rings. The van der Waals surface area contributed by atoms with Crippen molar-refractivity contribution in [1.29, 1.82) is 0 Å². The van der Waals surface area contributed by atoms with E-state index in [1.165, 1.54) is 4.90 Å². The number of phenolic OH excluding ortho intramolecular Hbond substituents is 1. The lowest BCUT2D eigenvalue weighted by molar-refractivity contribution is -0.141. The van der Waals surface area contributed by atoms with Crippen LogP contribution in [0.3, 0.4) is 0 Å². The summed E-state index contributed by atoms with van der Waals surface area (Å²) in [7, 11) is 0. The predicted molar refractivity (Wildman–Crippen MR) is 334 cm³/mol. The number of β-amino-alcohol motifs (C(OH)–C–C–N with tert-alkyl or cyclic N) is 1. The van der Waals surface area contributed by atoms with Crippen LogP contribution < -0.4 is 25.2 Å². The molecule has 2 unspecified atom stereocenters. The second kappa shape index (κ2) is 24.1. The third kappa shape index (κ3) is 11.2. The Morgan fingerprint density at radius 1 is 0.943 bits per heavy atom. The standard InChI is InChI=1S/C66H79FN12O8S/c1-8-41-11-9-12-44-23-48(80)24-50(56(41)44)58-57(67)59-51(27-68-58)61(75-30-45-17-18-46(31-75)71-45)73-64(72-59)86-34-66-20-10-22-79(66)47(19-21-66)33-85-65(84)77-29-37(4)76(28-38(77)5)54-26-53(87-74-54)55(36(2)3)63(83)78-32-49(81)25-52(78)62(82)70-39(6)42-13-15-43(16-14-42)60-40(7)69-35-88-60/h9,11-16,23-24,26-27,35-39,45-47,49,52,55,71,80-81H,8,10,17-22,25,28-34H2,1-7H3,(H,70,82)/t37-,38+,39+,45?,46?,47+,49-,52+,55-,66-/m1/s1. The van der Waals surface area contributed by atoms with Gasteiger partial charge < -0.3 is 54.4 Å². The van der Waals surface area contributed by atoms with Crippen molar-refractivity contribution in [2.24, 2.45) is 5.92 Å². The Bertz CT molecular complexity index is 3760. The van der Waals surface area contributed by atoms with Crippen molar-refractivity contribution >= 4 is 62.6 Å². The number of aromatic hydroxyl groups is 1. The molecule has 3 aromatic carbocycles. The van der Waals surface area contributed by atoms with Crippen molar-refractivity contribution in [1.82, 2.24) is 50.4 Å². The number of aliphatic hydroxyl groups is 1. The van der Waals surface area contributed by atoms with E-state index in [0.717, 1.165) is 83.1 Å². The number of aliphatic hydroxyl groups excluding tert-OH is 1. The molecule has 7 aromatic rings. The summed E-state index contributed by atoms with van der Waals surface area (Å²) in [6.07, 6.45) is 6.79. The van der Waals surface area contributed by atoms with Crippen LogP contribution in [0.15, 0.2) is 76.9 Å². The number of thiazole rings is 1. The molecular weight excluding hydrogens is 1140 g/mol. The van der Waals surface area contributed by atoms with Crippen LogP contribution in [0, 0.1) is 18.7 Å². The van der Waals surface area contributed by atoms with Gasteiger partial charge in [0.1, 0.15) is 48.0 Å². The summed E-state index contributed by atoms with van der Waals surface area (Å²) in [5.74, 6) is -0.736. The van der Waals surface area contributed by atoms with Gasteiger partial charge in [0.05, 0.1) is 39.2 Å². The van der Waals surface area contributed by atoms with Crippen LogP contribution in [0.25, 0.3) is 43.4 Å². The number of ether oxygens (including phenoxy) is 2. The molecule has 88 heavy (non-hydrogen) atoms. The van der Waals surface area contributed by atoms with Gasteiger partial charge in [0, 0.05) is 87.2 Å². The summed E-state index contributed by atoms with van der Waals surface area (Å²) in [6.45, 7) is 17.3. The van der Waals surface area contributed by atoms with Gasteiger partial charge in [0.2, 0.25) is 11.8 Å². The fraction of sp³-hybridized carbons (Fsp3) is 0.515. The highest BCUT2D eigenvalue weighted by atomic mass is 32.1. The maximum atomic E-state index is 17.4. The number of pyridine rings is 1. The monoisotopic (exact) mass is 1220 g/mol. The van der Waals surface area contributed by atoms with E-state index in [-0.39, 0.29) is 96.6 Å². The Morgan fingerprint density at radius 3 is 2.49 bits per heavy atom. The number of nitrogens with zero attached hydrogens (tertiary/aromatic N) is 10. The molecule has 4 N–H and O–H groups in total. The highest BCUT2D eigenvalue weighted by Gasteiger charge is 2.51. The molecule has 0 spiro atoms. The number of aromatic nitrogens is 5. The lowest BCUT2D eigenvalue weighted by atomic mass is 9.91. The van der Waals surface area contributed by atoms with Crippen LogP contribution in [0.1, 0.15) is 121 Å². The number of carbonyl (C=O) groups excluding carboxylic acids is 3. The third-order valence-electron chi connectivity index (χ3n) is 19.7. The van der Waals surface area contributed by atoms with Gasteiger partial charge in [0.15, 0.2) is 17.4 Å². The topological polar surface area (TPSA) is 228 Å². The molecule has 10 atom stereocenters. The van der Waals surface area contributed by atoms with Gasteiger partial charge in [-0.15, -0.1) is 11.3 Å². The maximum absolute atomic E-state index is 17.4. The van der Waals surface area contributed by atoms with Gasteiger partial charge in [0.25, 0.3) is 0 Å². The van der Waals surface area contributed by atoms with Crippen molar-refractivity contribution in [3.8, 4) is 33.5 Å². The van der Waals surface area contributed by atoms with Gasteiger partial charge in [-0.2, -0.15) is 9.97 Å². The summed E-state index contributed by atoms with van der Waals surface area (Å²) in [6, 6.07) is 18.0. The lowest BCUT2D eigenvalue weighted by Crippen LogP contribution is -2.58. The van der Waals surface area contributed by atoms with E-state index < -0.39 is 30.0 Å².